The zero-order valence-electron chi connectivity index (χ0n) is 24.4. The van der Waals surface area contributed by atoms with E-state index < -0.39 is 17.8 Å². The first-order valence-electron chi connectivity index (χ1n) is 13.7. The second kappa shape index (κ2) is 17.4. The summed E-state index contributed by atoms with van der Waals surface area (Å²) in [6.07, 6.45) is 2.18. The Kier molecular flexibility index (Phi) is 12.5. The maximum absolute atomic E-state index is 14.7. The third-order valence-electron chi connectivity index (χ3n) is 5.61. The van der Waals surface area contributed by atoms with E-state index >= 15 is 0 Å². The molecule has 4 rings (SSSR count). The van der Waals surface area contributed by atoms with E-state index in [1.807, 2.05) is 0 Å². The number of carbonyl (C=O) groups excluding carboxylic acids is 2. The molecule has 236 valence electrons. The number of azo groups is 2. The van der Waals surface area contributed by atoms with Gasteiger partial charge in [0.1, 0.15) is 42.9 Å². The Balaban J connectivity index is 1.21. The summed E-state index contributed by atoms with van der Waals surface area (Å²) in [7, 11) is 0. The highest BCUT2D eigenvalue weighted by molar-refractivity contribution is 7.17. The second-order valence-corrected chi connectivity index (χ2v) is 9.91. The minimum Gasteiger partial charge on any atom is -0.490 e. The van der Waals surface area contributed by atoms with Gasteiger partial charge in [-0.15, -0.1) is 15.3 Å². The Morgan fingerprint density at radius 1 is 0.696 bits per heavy atom. The lowest BCUT2D eigenvalue weighted by Crippen LogP contribution is -2.10. The molecule has 0 aliphatic carbocycles. The predicted molar refractivity (Wildman–Crippen MR) is 173 cm³/mol. The van der Waals surface area contributed by atoms with Crippen LogP contribution in [0.3, 0.4) is 0 Å². The molecule has 1 aromatic heterocycles. The molecule has 0 bridgehead atoms. The number of hydrogen-bond acceptors (Lipinski definition) is 13. The molecule has 0 atom stereocenters. The molecule has 0 aliphatic rings. The minimum absolute atomic E-state index is 0.0733. The third-order valence-corrected chi connectivity index (χ3v) is 6.49. The van der Waals surface area contributed by atoms with Crippen LogP contribution in [0.4, 0.5) is 37.8 Å². The molecule has 0 fully saturated rings. The molecule has 2 N–H and O–H groups in total. The molecule has 0 radical (unpaired) electrons. The van der Waals surface area contributed by atoms with Crippen molar-refractivity contribution in [3.8, 4) is 10.8 Å². The van der Waals surface area contributed by atoms with Crippen LogP contribution in [-0.2, 0) is 19.1 Å². The molecule has 0 unspecified atom stereocenters. The molecule has 0 spiro atoms. The summed E-state index contributed by atoms with van der Waals surface area (Å²) < 4.78 is 35.4. The van der Waals surface area contributed by atoms with Crippen LogP contribution >= 0.6 is 11.3 Å². The molecule has 4 aromatic rings. The van der Waals surface area contributed by atoms with Gasteiger partial charge in [0.05, 0.1) is 22.7 Å². The van der Waals surface area contributed by atoms with Gasteiger partial charge < -0.3 is 29.8 Å². The highest BCUT2D eigenvalue weighted by Gasteiger charge is 2.05. The van der Waals surface area contributed by atoms with E-state index in [0.717, 1.165) is 12.2 Å². The number of nitrogens with one attached hydrogen (secondary N) is 2. The minimum atomic E-state index is -0.557. The molecule has 0 amide bonds. The molecule has 46 heavy (non-hydrogen) atoms. The molecular formula is C32H29FN6O6S. The molecule has 12 nitrogen and oxygen atoms in total. The smallest absolute Gasteiger partial charge is 0.330 e. The van der Waals surface area contributed by atoms with Crippen molar-refractivity contribution in [2.24, 2.45) is 20.5 Å². The van der Waals surface area contributed by atoms with E-state index in [0.29, 0.717) is 38.6 Å². The number of nitrogens with zero attached hydrogens (tertiary/aromatic N) is 4. The largest absolute Gasteiger partial charge is 0.490 e. The van der Waals surface area contributed by atoms with Crippen molar-refractivity contribution in [1.29, 1.82) is 0 Å². The number of hydrogen-bond donors (Lipinski definition) is 2. The van der Waals surface area contributed by atoms with Gasteiger partial charge in [-0.05, 0) is 72.8 Å². The lowest BCUT2D eigenvalue weighted by molar-refractivity contribution is -0.139. The summed E-state index contributed by atoms with van der Waals surface area (Å²) in [5, 5.41) is 17.8. The fourth-order valence-corrected chi connectivity index (χ4v) is 4.10. The predicted octanol–water partition coefficient (Wildman–Crippen LogP) is 8.37. The molecule has 0 aliphatic heterocycles. The third kappa shape index (κ3) is 11.0. The number of halogens is 1. The maximum atomic E-state index is 14.7. The summed E-state index contributed by atoms with van der Waals surface area (Å²) in [6, 6.07) is 21.8. The van der Waals surface area contributed by atoms with E-state index in [4.69, 9.17) is 18.9 Å². The number of benzene rings is 3. The summed E-state index contributed by atoms with van der Waals surface area (Å²) >= 11 is 1.30. The van der Waals surface area contributed by atoms with E-state index in [-0.39, 0.29) is 32.1 Å². The van der Waals surface area contributed by atoms with Crippen molar-refractivity contribution in [3.05, 3.63) is 110 Å². The number of thiophene rings is 1. The number of anilines is 2. The van der Waals surface area contributed by atoms with Crippen molar-refractivity contribution in [1.82, 2.24) is 0 Å². The van der Waals surface area contributed by atoms with Crippen molar-refractivity contribution >= 4 is 56.7 Å². The lowest BCUT2D eigenvalue weighted by atomic mass is 10.2. The highest BCUT2D eigenvalue weighted by atomic mass is 32.1. The summed E-state index contributed by atoms with van der Waals surface area (Å²) in [6.45, 7) is 7.31. The van der Waals surface area contributed by atoms with Gasteiger partial charge >= 0.3 is 11.9 Å². The number of carbonyl (C=O) groups is 2. The van der Waals surface area contributed by atoms with E-state index in [1.165, 1.54) is 23.5 Å². The SMILES string of the molecule is C=CC(=O)OCCOc1ccc(NNc2ccc(N=Nc3ccc(N=Nc4ccc(OCCOC(=O)C=C)s4)cc3)c(F)c2)cc1. The van der Waals surface area contributed by atoms with E-state index in [2.05, 4.69) is 44.5 Å². The number of ether oxygens (including phenoxy) is 4. The molecule has 14 heteroatoms. The Bertz CT molecular complexity index is 1690. The summed E-state index contributed by atoms with van der Waals surface area (Å²) in [4.78, 5) is 22.1. The first kappa shape index (κ1) is 33.0. The Hall–Kier alpha value is -5.89. The number of hydrazine groups is 1. The fraction of sp³-hybridized carbons (Fsp3) is 0.125. The summed E-state index contributed by atoms with van der Waals surface area (Å²) in [5.41, 5.74) is 8.28. The van der Waals surface area contributed by atoms with Crippen LogP contribution in [0.15, 0.2) is 125 Å². The van der Waals surface area contributed by atoms with Gasteiger partial charge in [-0.3, -0.25) is 0 Å². The first-order valence-corrected chi connectivity index (χ1v) is 14.5. The maximum Gasteiger partial charge on any atom is 0.330 e. The van der Waals surface area contributed by atoms with Crippen molar-refractivity contribution in [3.63, 3.8) is 0 Å². The first-order chi connectivity index (χ1) is 22.4. The highest BCUT2D eigenvalue weighted by Crippen LogP contribution is 2.33. The van der Waals surface area contributed by atoms with Crippen LogP contribution in [0.2, 0.25) is 0 Å². The van der Waals surface area contributed by atoms with E-state index in [1.54, 1.807) is 66.7 Å². The van der Waals surface area contributed by atoms with Crippen LogP contribution in [0.5, 0.6) is 10.8 Å². The zero-order chi connectivity index (χ0) is 32.6. The normalized spacial score (nSPS) is 10.8. The second-order valence-electron chi connectivity index (χ2n) is 8.89. The van der Waals surface area contributed by atoms with Gasteiger partial charge in [0.15, 0.2) is 10.9 Å². The van der Waals surface area contributed by atoms with Gasteiger partial charge in [-0.25, -0.2) is 14.0 Å². The van der Waals surface area contributed by atoms with Crippen LogP contribution in [0.1, 0.15) is 0 Å². The molecule has 0 saturated heterocycles. The zero-order valence-corrected chi connectivity index (χ0v) is 25.2. The van der Waals surface area contributed by atoms with Gasteiger partial charge in [0.25, 0.3) is 0 Å². The molecule has 1 heterocycles. The summed E-state index contributed by atoms with van der Waals surface area (Å²) in [5.74, 6) is -0.965. The Morgan fingerprint density at radius 3 is 1.91 bits per heavy atom. The molecular weight excluding hydrogens is 615 g/mol. The monoisotopic (exact) mass is 644 g/mol. The number of rotatable bonds is 17. The van der Waals surface area contributed by atoms with E-state index in [9.17, 15) is 14.0 Å². The average molecular weight is 645 g/mol. The van der Waals surface area contributed by atoms with Crippen LogP contribution in [-0.4, -0.2) is 38.4 Å². The van der Waals surface area contributed by atoms with Gasteiger partial charge in [-0.2, -0.15) is 5.11 Å². The van der Waals surface area contributed by atoms with Gasteiger partial charge in [0, 0.05) is 18.2 Å². The quantitative estimate of drug-likeness (QED) is 0.0383. The van der Waals surface area contributed by atoms with Gasteiger partial charge in [0.2, 0.25) is 0 Å². The van der Waals surface area contributed by atoms with Crippen molar-refractivity contribution < 1.29 is 32.9 Å². The van der Waals surface area contributed by atoms with Crippen LogP contribution in [0.25, 0.3) is 0 Å². The van der Waals surface area contributed by atoms with Crippen LogP contribution in [0, 0.1) is 5.82 Å². The number of esters is 2. The standard InChI is InChI=1S/C32H29FN6O6S/c1-3-30(40)43-18-17-42-26-12-9-24(10-13-26)34-37-25-11-14-28(27(33)21-25)38-35-22-5-7-23(8-6-22)36-39-29-15-16-32(46-29)45-20-19-44-31(41)4-2/h3-16,21,34,37H,1-2,17-20H2. The average Bonchev–Trinajstić information content (AvgIpc) is 3.54. The lowest BCUT2D eigenvalue weighted by Gasteiger charge is -2.11. The van der Waals surface area contributed by atoms with Gasteiger partial charge in [-0.1, -0.05) is 24.5 Å². The van der Waals surface area contributed by atoms with Crippen LogP contribution < -0.4 is 20.3 Å². The fourth-order valence-electron chi connectivity index (χ4n) is 3.40. The Morgan fingerprint density at radius 2 is 1.28 bits per heavy atom. The van der Waals surface area contributed by atoms with Crippen molar-refractivity contribution in [2.45, 2.75) is 0 Å². The molecule has 0 saturated carbocycles. The van der Waals surface area contributed by atoms with Crippen molar-refractivity contribution in [2.75, 3.05) is 37.3 Å². The Labute approximate surface area is 267 Å². The topological polar surface area (TPSA) is 145 Å². The molecule has 3 aromatic carbocycles.